The quantitative estimate of drug-likeness (QED) is 0.651. The van der Waals surface area contributed by atoms with Crippen molar-refractivity contribution < 1.29 is 14.3 Å². The smallest absolute Gasteiger partial charge is 0.340 e. The molecule has 0 unspecified atom stereocenters. The highest BCUT2D eigenvalue weighted by atomic mass is 79.9. The number of aryl methyl sites for hydroxylation is 2. The van der Waals surface area contributed by atoms with Crippen LogP contribution in [0.4, 0.5) is 4.39 Å². The van der Waals surface area contributed by atoms with E-state index in [0.29, 0.717) is 32.3 Å². The van der Waals surface area contributed by atoms with Gasteiger partial charge in [0.1, 0.15) is 22.2 Å². The zero-order valence-corrected chi connectivity index (χ0v) is 13.8. The van der Waals surface area contributed by atoms with E-state index in [0.717, 1.165) is 0 Å². The number of carbonyl (C=O) groups is 1. The van der Waals surface area contributed by atoms with Crippen molar-refractivity contribution in [3.63, 3.8) is 0 Å². The molecule has 21 heavy (non-hydrogen) atoms. The predicted molar refractivity (Wildman–Crippen MR) is 82.1 cm³/mol. The highest BCUT2D eigenvalue weighted by Gasteiger charge is 2.18. The van der Waals surface area contributed by atoms with E-state index in [1.807, 2.05) is 0 Å². The second kappa shape index (κ2) is 6.53. The Kier molecular flexibility index (Phi) is 4.95. The molecule has 2 aromatic rings. The van der Waals surface area contributed by atoms with Crippen molar-refractivity contribution in [3.8, 4) is 0 Å². The number of aromatic nitrogens is 2. The van der Waals surface area contributed by atoms with Gasteiger partial charge in [-0.05, 0) is 31.5 Å². The summed E-state index contributed by atoms with van der Waals surface area (Å²) in [6.07, 6.45) is 0. The summed E-state index contributed by atoms with van der Waals surface area (Å²) >= 11 is 4.39. The third-order valence-electron chi connectivity index (χ3n) is 2.76. The van der Waals surface area contributed by atoms with E-state index in [1.165, 1.54) is 17.8 Å². The van der Waals surface area contributed by atoms with Gasteiger partial charge in [0.25, 0.3) is 0 Å². The Labute approximate surface area is 133 Å². The number of halogens is 2. The van der Waals surface area contributed by atoms with Gasteiger partial charge in [0, 0.05) is 10.2 Å². The highest BCUT2D eigenvalue weighted by molar-refractivity contribution is 9.10. The van der Waals surface area contributed by atoms with Crippen LogP contribution in [0.3, 0.4) is 0 Å². The molecule has 1 aromatic carbocycles. The average molecular weight is 371 g/mol. The lowest BCUT2D eigenvalue weighted by Gasteiger charge is -2.09. The molecule has 0 amide bonds. The number of hydrogen-bond acceptors (Lipinski definition) is 4. The first-order valence-corrected chi connectivity index (χ1v) is 7.81. The molecule has 2 rings (SSSR count). The molecule has 0 bridgehead atoms. The van der Waals surface area contributed by atoms with E-state index >= 15 is 0 Å². The normalized spacial score (nSPS) is 10.7. The Morgan fingerprint density at radius 2 is 2.10 bits per heavy atom. The lowest BCUT2D eigenvalue weighted by atomic mass is 10.2. The summed E-state index contributed by atoms with van der Waals surface area (Å²) in [6, 6.07) is 4.78. The maximum Gasteiger partial charge on any atom is 0.340 e. The fourth-order valence-corrected chi connectivity index (χ4v) is 3.25. The first kappa shape index (κ1) is 15.9. The fourth-order valence-electron chi connectivity index (χ4n) is 1.82. The number of benzene rings is 1. The van der Waals surface area contributed by atoms with Crippen LogP contribution in [-0.4, -0.2) is 21.0 Å². The minimum Gasteiger partial charge on any atom is -0.478 e. The molecular formula is C14H12BrFN2O2S. The summed E-state index contributed by atoms with van der Waals surface area (Å²) < 4.78 is 14.4. The van der Waals surface area contributed by atoms with Crippen molar-refractivity contribution in [1.82, 2.24) is 9.97 Å². The SMILES string of the molecule is Cc1nc(C)c(C(=O)O)c(SCc2ccc(Br)cc2F)n1. The van der Waals surface area contributed by atoms with Gasteiger partial charge in [0.15, 0.2) is 0 Å². The number of carboxylic acids is 1. The summed E-state index contributed by atoms with van der Waals surface area (Å²) in [7, 11) is 0. The van der Waals surface area contributed by atoms with Crippen molar-refractivity contribution >= 4 is 33.7 Å². The second-order valence-electron chi connectivity index (χ2n) is 4.37. The van der Waals surface area contributed by atoms with Crippen LogP contribution in [0.2, 0.25) is 0 Å². The number of nitrogens with zero attached hydrogens (tertiary/aromatic N) is 2. The standard InChI is InChI=1S/C14H12BrFN2O2S/c1-7-12(14(19)20)13(18-8(2)17-7)21-6-9-3-4-10(15)5-11(9)16/h3-5H,6H2,1-2H3,(H,19,20). The molecule has 0 atom stereocenters. The molecule has 4 nitrogen and oxygen atoms in total. The van der Waals surface area contributed by atoms with Crippen molar-refractivity contribution in [2.24, 2.45) is 0 Å². The van der Waals surface area contributed by atoms with E-state index in [4.69, 9.17) is 0 Å². The van der Waals surface area contributed by atoms with Crippen LogP contribution in [0.15, 0.2) is 27.7 Å². The Hall–Kier alpha value is -1.47. The van der Waals surface area contributed by atoms with E-state index in [2.05, 4.69) is 25.9 Å². The zero-order valence-electron chi connectivity index (χ0n) is 11.4. The van der Waals surface area contributed by atoms with Crippen LogP contribution >= 0.6 is 27.7 Å². The van der Waals surface area contributed by atoms with Gasteiger partial charge in [-0.1, -0.05) is 22.0 Å². The molecule has 110 valence electrons. The molecule has 1 N–H and O–H groups in total. The molecule has 0 aliphatic heterocycles. The Morgan fingerprint density at radius 3 is 2.71 bits per heavy atom. The van der Waals surface area contributed by atoms with Crippen molar-refractivity contribution in [2.75, 3.05) is 0 Å². The van der Waals surface area contributed by atoms with Crippen molar-refractivity contribution in [3.05, 3.63) is 51.1 Å². The lowest BCUT2D eigenvalue weighted by Crippen LogP contribution is -2.08. The topological polar surface area (TPSA) is 63.1 Å². The third-order valence-corrected chi connectivity index (χ3v) is 4.28. The van der Waals surface area contributed by atoms with Gasteiger partial charge in [-0.3, -0.25) is 0 Å². The molecule has 0 saturated heterocycles. The van der Waals surface area contributed by atoms with Crippen LogP contribution in [0, 0.1) is 19.7 Å². The van der Waals surface area contributed by atoms with Crippen LogP contribution in [0.5, 0.6) is 0 Å². The van der Waals surface area contributed by atoms with Crippen LogP contribution in [-0.2, 0) is 5.75 Å². The third kappa shape index (κ3) is 3.79. The largest absolute Gasteiger partial charge is 0.478 e. The number of thioether (sulfide) groups is 1. The van der Waals surface area contributed by atoms with Crippen molar-refractivity contribution in [1.29, 1.82) is 0 Å². The van der Waals surface area contributed by atoms with E-state index in [1.54, 1.807) is 26.0 Å². The zero-order chi connectivity index (χ0) is 15.6. The summed E-state index contributed by atoms with van der Waals surface area (Å²) in [5, 5.41) is 9.61. The molecular weight excluding hydrogens is 359 g/mol. The molecule has 7 heteroatoms. The fraction of sp³-hybridized carbons (Fsp3) is 0.214. The number of aromatic carboxylic acids is 1. The molecule has 0 aliphatic carbocycles. The van der Waals surface area contributed by atoms with Gasteiger partial charge in [-0.25, -0.2) is 19.2 Å². The number of rotatable bonds is 4. The molecule has 1 heterocycles. The summed E-state index contributed by atoms with van der Waals surface area (Å²) in [5.74, 6) is -0.617. The Bertz CT molecular complexity index is 710. The number of hydrogen-bond donors (Lipinski definition) is 1. The molecule has 0 spiro atoms. The first-order valence-electron chi connectivity index (χ1n) is 6.03. The van der Waals surface area contributed by atoms with E-state index < -0.39 is 5.97 Å². The van der Waals surface area contributed by atoms with Gasteiger partial charge < -0.3 is 5.11 Å². The molecule has 0 radical (unpaired) electrons. The molecule has 0 aliphatic rings. The monoisotopic (exact) mass is 370 g/mol. The summed E-state index contributed by atoms with van der Waals surface area (Å²) in [6.45, 7) is 3.32. The summed E-state index contributed by atoms with van der Waals surface area (Å²) in [5.41, 5.74) is 0.977. The Morgan fingerprint density at radius 1 is 1.38 bits per heavy atom. The highest BCUT2D eigenvalue weighted by Crippen LogP contribution is 2.28. The predicted octanol–water partition coefficient (Wildman–Crippen LogP) is 3.99. The maximum absolute atomic E-state index is 13.8. The van der Waals surface area contributed by atoms with Gasteiger partial charge in [0.2, 0.25) is 0 Å². The minimum absolute atomic E-state index is 0.0723. The maximum atomic E-state index is 13.8. The molecule has 1 aromatic heterocycles. The van der Waals surface area contributed by atoms with E-state index in [-0.39, 0.29) is 11.4 Å². The van der Waals surface area contributed by atoms with E-state index in [9.17, 15) is 14.3 Å². The van der Waals surface area contributed by atoms with Crippen LogP contribution in [0.25, 0.3) is 0 Å². The van der Waals surface area contributed by atoms with Crippen molar-refractivity contribution in [2.45, 2.75) is 24.6 Å². The second-order valence-corrected chi connectivity index (χ2v) is 6.25. The molecule has 0 saturated carbocycles. The van der Waals surface area contributed by atoms with Gasteiger partial charge in [0.05, 0.1) is 5.69 Å². The molecule has 0 fully saturated rings. The van der Waals surface area contributed by atoms with Crippen LogP contribution in [0.1, 0.15) is 27.4 Å². The minimum atomic E-state index is -1.08. The Balaban J connectivity index is 2.29. The van der Waals surface area contributed by atoms with Gasteiger partial charge >= 0.3 is 5.97 Å². The summed E-state index contributed by atoms with van der Waals surface area (Å²) in [4.78, 5) is 19.5. The van der Waals surface area contributed by atoms with Gasteiger partial charge in [-0.2, -0.15) is 0 Å². The lowest BCUT2D eigenvalue weighted by molar-refractivity contribution is 0.0690. The van der Waals surface area contributed by atoms with Crippen LogP contribution < -0.4 is 0 Å². The van der Waals surface area contributed by atoms with Gasteiger partial charge in [-0.15, -0.1) is 11.8 Å². The average Bonchev–Trinajstić information content (AvgIpc) is 2.36. The number of carboxylic acid groups (broad SMARTS) is 1. The first-order chi connectivity index (χ1) is 9.88.